The molecular weight excluding hydrogens is 281 g/mol. The molecule has 0 atom stereocenters. The first kappa shape index (κ1) is 14.3. The molecule has 0 bridgehead atoms. The van der Waals surface area contributed by atoms with Crippen LogP contribution >= 0.6 is 0 Å². The highest BCUT2D eigenvalue weighted by molar-refractivity contribution is 7.91. The fourth-order valence-corrected chi connectivity index (χ4v) is 2.82. The Bertz CT molecular complexity index is 687. The van der Waals surface area contributed by atoms with Crippen LogP contribution in [0.1, 0.15) is 0 Å². The topological polar surface area (TPSA) is 69.4 Å². The van der Waals surface area contributed by atoms with E-state index in [1.807, 2.05) is 6.07 Å². The molecule has 106 valence electrons. The Labute approximate surface area is 116 Å². The summed E-state index contributed by atoms with van der Waals surface area (Å²) in [5.41, 5.74) is 5.57. The molecule has 0 aliphatic heterocycles. The number of hydrogen-bond acceptors (Lipinski definition) is 4. The molecule has 0 unspecified atom stereocenters. The summed E-state index contributed by atoms with van der Waals surface area (Å²) in [7, 11) is -3.73. The van der Waals surface area contributed by atoms with Crippen molar-refractivity contribution in [2.24, 2.45) is 0 Å². The summed E-state index contributed by atoms with van der Waals surface area (Å²) in [6.07, 6.45) is 0. The van der Waals surface area contributed by atoms with Gasteiger partial charge in [0.25, 0.3) is 0 Å². The average molecular weight is 295 g/mol. The van der Waals surface area contributed by atoms with Crippen LogP contribution in [-0.2, 0) is 9.84 Å². The van der Waals surface area contributed by atoms with E-state index in [1.165, 1.54) is 12.1 Å². The van der Waals surface area contributed by atoms with Crippen molar-refractivity contribution < 1.29 is 17.5 Å². The molecule has 0 radical (unpaired) electrons. The van der Waals surface area contributed by atoms with Gasteiger partial charge in [-0.2, -0.15) is 0 Å². The van der Waals surface area contributed by atoms with Gasteiger partial charge in [-0.15, -0.1) is 0 Å². The maximum absolute atomic E-state index is 13.6. The third-order valence-corrected chi connectivity index (χ3v) is 4.36. The van der Waals surface area contributed by atoms with E-state index in [9.17, 15) is 12.8 Å². The lowest BCUT2D eigenvalue weighted by Gasteiger charge is -2.08. The van der Waals surface area contributed by atoms with Crippen LogP contribution in [0.25, 0.3) is 0 Å². The highest BCUT2D eigenvalue weighted by Crippen LogP contribution is 2.18. The molecule has 0 spiro atoms. The zero-order valence-corrected chi connectivity index (χ0v) is 11.4. The summed E-state index contributed by atoms with van der Waals surface area (Å²) in [4.78, 5) is -0.358. The van der Waals surface area contributed by atoms with Crippen LogP contribution in [0.4, 0.5) is 10.1 Å². The fourth-order valence-electron chi connectivity index (χ4n) is 1.67. The standard InChI is InChI=1S/C14H14FNO3S/c15-13-10-11(16)6-7-14(13)20(17,18)9-8-19-12-4-2-1-3-5-12/h1-7,10H,8-9,16H2. The molecule has 6 heteroatoms. The van der Waals surface area contributed by atoms with E-state index in [0.717, 1.165) is 6.07 Å². The van der Waals surface area contributed by atoms with Crippen molar-refractivity contribution in [3.63, 3.8) is 0 Å². The van der Waals surface area contributed by atoms with Crippen molar-refractivity contribution in [1.29, 1.82) is 0 Å². The molecule has 0 aliphatic carbocycles. The van der Waals surface area contributed by atoms with E-state index in [4.69, 9.17) is 10.5 Å². The van der Waals surface area contributed by atoms with E-state index >= 15 is 0 Å². The normalized spacial score (nSPS) is 11.2. The van der Waals surface area contributed by atoms with Gasteiger partial charge < -0.3 is 10.5 Å². The minimum atomic E-state index is -3.73. The van der Waals surface area contributed by atoms with Gasteiger partial charge in [-0.05, 0) is 30.3 Å². The zero-order chi connectivity index (χ0) is 14.6. The Hall–Kier alpha value is -2.08. The van der Waals surface area contributed by atoms with Crippen molar-refractivity contribution in [2.45, 2.75) is 4.90 Å². The first-order chi connectivity index (χ1) is 9.49. The van der Waals surface area contributed by atoms with Gasteiger partial charge >= 0.3 is 0 Å². The van der Waals surface area contributed by atoms with Crippen LogP contribution in [0.2, 0.25) is 0 Å². The van der Waals surface area contributed by atoms with Crippen molar-refractivity contribution in [2.75, 3.05) is 18.1 Å². The van der Waals surface area contributed by atoms with E-state index < -0.39 is 15.7 Å². The Morgan fingerprint density at radius 1 is 1.10 bits per heavy atom. The lowest BCUT2D eigenvalue weighted by atomic mass is 10.3. The first-order valence-electron chi connectivity index (χ1n) is 5.95. The van der Waals surface area contributed by atoms with Crippen molar-refractivity contribution in [3.05, 3.63) is 54.3 Å². The van der Waals surface area contributed by atoms with Crippen molar-refractivity contribution >= 4 is 15.5 Å². The predicted octanol–water partition coefficient (Wildman–Crippen LogP) is 2.26. The smallest absolute Gasteiger partial charge is 0.184 e. The van der Waals surface area contributed by atoms with Crippen LogP contribution < -0.4 is 10.5 Å². The molecule has 0 heterocycles. The summed E-state index contributed by atoms with van der Waals surface area (Å²) in [5, 5.41) is 0. The minimum Gasteiger partial charge on any atom is -0.493 e. The van der Waals surface area contributed by atoms with Gasteiger partial charge in [-0.3, -0.25) is 0 Å². The molecule has 4 nitrogen and oxygen atoms in total. The first-order valence-corrected chi connectivity index (χ1v) is 7.60. The third-order valence-electron chi connectivity index (χ3n) is 2.65. The van der Waals surface area contributed by atoms with E-state index in [-0.39, 0.29) is 22.9 Å². The summed E-state index contributed by atoms with van der Waals surface area (Å²) < 4.78 is 42.9. The number of anilines is 1. The van der Waals surface area contributed by atoms with Gasteiger partial charge in [-0.1, -0.05) is 18.2 Å². The molecule has 2 aromatic carbocycles. The Morgan fingerprint density at radius 3 is 2.45 bits per heavy atom. The number of ether oxygens (including phenoxy) is 1. The van der Waals surface area contributed by atoms with Crippen LogP contribution in [0.3, 0.4) is 0 Å². The molecule has 0 fully saturated rings. The maximum atomic E-state index is 13.6. The number of hydrogen-bond donors (Lipinski definition) is 1. The molecule has 20 heavy (non-hydrogen) atoms. The molecule has 0 saturated carbocycles. The lowest BCUT2D eigenvalue weighted by Crippen LogP contribution is -2.15. The second-order valence-electron chi connectivity index (χ2n) is 4.17. The minimum absolute atomic E-state index is 0.0455. The highest BCUT2D eigenvalue weighted by Gasteiger charge is 2.19. The Kier molecular flexibility index (Phi) is 4.24. The van der Waals surface area contributed by atoms with Gasteiger partial charge in [0.05, 0.1) is 5.75 Å². The summed E-state index contributed by atoms with van der Waals surface area (Å²) in [6, 6.07) is 12.3. The van der Waals surface area contributed by atoms with E-state index in [1.54, 1.807) is 24.3 Å². The summed E-state index contributed by atoms with van der Waals surface area (Å²) >= 11 is 0. The van der Waals surface area contributed by atoms with Crippen LogP contribution in [0.5, 0.6) is 5.75 Å². The Balaban J connectivity index is 2.04. The number of nitrogens with two attached hydrogens (primary N) is 1. The van der Waals surface area contributed by atoms with Gasteiger partial charge in [0.1, 0.15) is 23.1 Å². The summed E-state index contributed by atoms with van der Waals surface area (Å²) in [5.74, 6) is -0.576. The number of nitrogen functional groups attached to an aromatic ring is 1. The number of sulfone groups is 1. The molecule has 0 aliphatic rings. The van der Waals surface area contributed by atoms with E-state index in [2.05, 4.69) is 0 Å². The predicted molar refractivity (Wildman–Crippen MR) is 74.8 cm³/mol. The van der Waals surface area contributed by atoms with Gasteiger partial charge in [-0.25, -0.2) is 12.8 Å². The summed E-state index contributed by atoms with van der Waals surface area (Å²) in [6.45, 7) is -0.0455. The number of benzene rings is 2. The molecule has 0 aromatic heterocycles. The van der Waals surface area contributed by atoms with Gasteiger partial charge in [0, 0.05) is 5.69 Å². The molecule has 2 N–H and O–H groups in total. The lowest BCUT2D eigenvalue weighted by molar-refractivity contribution is 0.340. The third kappa shape index (κ3) is 3.48. The molecule has 2 rings (SSSR count). The van der Waals surface area contributed by atoms with Gasteiger partial charge in [0.15, 0.2) is 9.84 Å². The Morgan fingerprint density at radius 2 is 1.80 bits per heavy atom. The van der Waals surface area contributed by atoms with Crippen molar-refractivity contribution in [1.82, 2.24) is 0 Å². The quantitative estimate of drug-likeness (QED) is 0.859. The van der Waals surface area contributed by atoms with Crippen LogP contribution in [0, 0.1) is 5.82 Å². The fraction of sp³-hybridized carbons (Fsp3) is 0.143. The number of halogens is 1. The maximum Gasteiger partial charge on any atom is 0.184 e. The number of rotatable bonds is 5. The SMILES string of the molecule is Nc1ccc(S(=O)(=O)CCOc2ccccc2)c(F)c1. The average Bonchev–Trinajstić information content (AvgIpc) is 2.39. The van der Waals surface area contributed by atoms with Gasteiger partial charge in [0.2, 0.25) is 0 Å². The number of para-hydroxylation sites is 1. The second kappa shape index (κ2) is 5.92. The molecule has 0 saturated heterocycles. The molecule has 0 amide bonds. The largest absolute Gasteiger partial charge is 0.493 e. The van der Waals surface area contributed by atoms with E-state index in [0.29, 0.717) is 5.75 Å². The second-order valence-corrected chi connectivity index (χ2v) is 6.25. The molecular formula is C14H14FNO3S. The van der Waals surface area contributed by atoms with Crippen molar-refractivity contribution in [3.8, 4) is 5.75 Å². The van der Waals surface area contributed by atoms with Crippen LogP contribution in [-0.4, -0.2) is 20.8 Å². The monoisotopic (exact) mass is 295 g/mol. The van der Waals surface area contributed by atoms with Crippen LogP contribution in [0.15, 0.2) is 53.4 Å². The highest BCUT2D eigenvalue weighted by atomic mass is 32.2. The zero-order valence-electron chi connectivity index (χ0n) is 10.6. The molecule has 2 aromatic rings.